The van der Waals surface area contributed by atoms with E-state index in [-0.39, 0.29) is 16.7 Å². The molecular formula is C13H13BrClN3O2. The van der Waals surface area contributed by atoms with E-state index in [1.807, 2.05) is 0 Å². The van der Waals surface area contributed by atoms with E-state index < -0.39 is 30.7 Å². The molecule has 0 aliphatic carbocycles. The molecule has 0 bridgehead atoms. The van der Waals surface area contributed by atoms with Crippen molar-refractivity contribution < 1.29 is 13.0 Å². The molecule has 0 atom stereocenters. The molecule has 0 amide bonds. The Hall–Kier alpha value is -1.53. The van der Waals surface area contributed by atoms with Crippen molar-refractivity contribution in [2.45, 2.75) is 19.6 Å². The van der Waals surface area contributed by atoms with Crippen LogP contribution in [0.5, 0.6) is 11.6 Å². The number of rotatable bonds is 3. The van der Waals surface area contributed by atoms with Gasteiger partial charge in [-0.25, -0.2) is 5.10 Å². The monoisotopic (exact) mass is 363 g/mol. The molecule has 0 aliphatic heterocycles. The number of nitrogens with two attached hydrogens (primary N) is 1. The van der Waals surface area contributed by atoms with E-state index in [1.54, 1.807) is 0 Å². The van der Waals surface area contributed by atoms with E-state index >= 15 is 0 Å². The standard InChI is InChI=1S/C13H13BrClN3O2/c1-6(2)8-5-11(17-18-13(8)19)20-12-9(14)3-7(16)4-10(12)15/h3-6H,16H2,1-2H3,(H,18,19)/i1D3,2D3. The van der Waals surface area contributed by atoms with Crippen LogP contribution in [0.4, 0.5) is 5.69 Å². The molecule has 7 heteroatoms. The summed E-state index contributed by atoms with van der Waals surface area (Å²) in [6.07, 6.45) is 0. The van der Waals surface area contributed by atoms with Gasteiger partial charge < -0.3 is 10.5 Å². The van der Waals surface area contributed by atoms with E-state index in [9.17, 15) is 4.79 Å². The number of ether oxygens (including phenoxy) is 1. The van der Waals surface area contributed by atoms with Gasteiger partial charge in [-0.1, -0.05) is 25.3 Å². The molecule has 2 rings (SSSR count). The summed E-state index contributed by atoms with van der Waals surface area (Å²) in [4.78, 5) is 12.0. The van der Waals surface area contributed by atoms with Gasteiger partial charge in [-0.3, -0.25) is 4.79 Å². The average Bonchev–Trinajstić information content (AvgIpc) is 2.43. The van der Waals surface area contributed by atoms with Crippen molar-refractivity contribution in [3.05, 3.63) is 43.6 Å². The summed E-state index contributed by atoms with van der Waals surface area (Å²) in [5, 5.41) is 5.83. The second kappa shape index (κ2) is 5.85. The molecule has 0 saturated carbocycles. The number of benzene rings is 1. The molecule has 106 valence electrons. The first-order valence-corrected chi connectivity index (χ1v) is 6.50. The van der Waals surface area contributed by atoms with Gasteiger partial charge in [0, 0.05) is 25.5 Å². The minimum Gasteiger partial charge on any atom is -0.435 e. The second-order valence-corrected chi connectivity index (χ2v) is 5.10. The van der Waals surface area contributed by atoms with Gasteiger partial charge in [0.25, 0.3) is 5.56 Å². The number of H-pyrrole nitrogens is 1. The molecule has 1 aromatic heterocycles. The maximum atomic E-state index is 12.0. The molecule has 0 radical (unpaired) electrons. The number of aromatic nitrogens is 2. The van der Waals surface area contributed by atoms with Gasteiger partial charge in [0.2, 0.25) is 5.88 Å². The number of nitrogens with zero attached hydrogens (tertiary/aromatic N) is 1. The van der Waals surface area contributed by atoms with Crippen molar-refractivity contribution in [1.82, 2.24) is 10.2 Å². The minimum atomic E-state index is -2.93. The molecule has 0 fully saturated rings. The highest BCUT2D eigenvalue weighted by Crippen LogP contribution is 2.37. The van der Waals surface area contributed by atoms with Crippen LogP contribution < -0.4 is 16.0 Å². The van der Waals surface area contributed by atoms with Gasteiger partial charge >= 0.3 is 0 Å². The lowest BCUT2D eigenvalue weighted by Gasteiger charge is -2.11. The number of anilines is 1. The second-order valence-electron chi connectivity index (χ2n) is 3.84. The number of aromatic amines is 1. The van der Waals surface area contributed by atoms with Crippen molar-refractivity contribution >= 4 is 33.2 Å². The van der Waals surface area contributed by atoms with Crippen molar-refractivity contribution in [3.63, 3.8) is 0 Å². The molecule has 5 nitrogen and oxygen atoms in total. The Bertz CT molecular complexity index is 846. The van der Waals surface area contributed by atoms with Crippen LogP contribution in [0.3, 0.4) is 0 Å². The first-order chi connectivity index (χ1) is 11.8. The zero-order valence-electron chi connectivity index (χ0n) is 15.9. The summed E-state index contributed by atoms with van der Waals surface area (Å²) in [5.74, 6) is -2.12. The molecule has 20 heavy (non-hydrogen) atoms. The fraction of sp³-hybridized carbons (Fsp3) is 0.231. The Morgan fingerprint density at radius 3 is 2.90 bits per heavy atom. The molecule has 1 heterocycles. The first-order valence-electron chi connectivity index (χ1n) is 8.32. The van der Waals surface area contributed by atoms with Gasteiger partial charge in [-0.2, -0.15) is 0 Å². The topological polar surface area (TPSA) is 81.0 Å². The van der Waals surface area contributed by atoms with Gasteiger partial charge in [0.1, 0.15) is 0 Å². The number of nitrogens with one attached hydrogen (secondary N) is 1. The van der Waals surface area contributed by atoms with Crippen molar-refractivity contribution in [2.24, 2.45) is 0 Å². The predicted molar refractivity (Wildman–Crippen MR) is 82.6 cm³/mol. The van der Waals surface area contributed by atoms with Crippen molar-refractivity contribution in [3.8, 4) is 11.6 Å². The minimum absolute atomic E-state index is 0.116. The molecule has 0 spiro atoms. The zero-order valence-corrected chi connectivity index (χ0v) is 12.2. The van der Waals surface area contributed by atoms with Gasteiger partial charge in [-0.15, -0.1) is 5.10 Å². The largest absolute Gasteiger partial charge is 0.435 e. The molecule has 0 aliphatic rings. The van der Waals surface area contributed by atoms with E-state index in [4.69, 9.17) is 30.3 Å². The van der Waals surface area contributed by atoms with Crippen LogP contribution in [0.2, 0.25) is 5.02 Å². The Morgan fingerprint density at radius 1 is 1.50 bits per heavy atom. The first kappa shape index (κ1) is 8.69. The van der Waals surface area contributed by atoms with E-state index in [2.05, 4.69) is 26.1 Å². The number of halogens is 2. The fourth-order valence-electron chi connectivity index (χ4n) is 1.45. The maximum Gasteiger partial charge on any atom is 0.267 e. The smallest absolute Gasteiger partial charge is 0.267 e. The number of hydrogen-bond acceptors (Lipinski definition) is 4. The Morgan fingerprint density at radius 2 is 2.25 bits per heavy atom. The molecule has 1 aromatic carbocycles. The third kappa shape index (κ3) is 3.13. The van der Waals surface area contributed by atoms with Crippen LogP contribution in [0.15, 0.2) is 27.5 Å². The SMILES string of the molecule is [2H]C([2H])([2H])C(c1cc(Oc2c(Cl)cc(N)cc2Br)n[nH]c1=O)C([2H])([2H])[2H]. The lowest BCUT2D eigenvalue weighted by molar-refractivity contribution is 0.450. The molecule has 0 unspecified atom stereocenters. The van der Waals surface area contributed by atoms with Gasteiger partial charge in [0.05, 0.1) is 9.50 Å². The summed E-state index contributed by atoms with van der Waals surface area (Å²) in [5.41, 5.74) is 4.59. The van der Waals surface area contributed by atoms with E-state index in [1.165, 1.54) is 12.1 Å². The molecular weight excluding hydrogens is 346 g/mol. The normalized spacial score (nSPS) is 16.6. The zero-order chi connectivity index (χ0) is 19.9. The Labute approximate surface area is 137 Å². The Kier molecular flexibility index (Phi) is 2.54. The predicted octanol–water partition coefficient (Wildman–Crippen LogP) is 3.68. The van der Waals surface area contributed by atoms with Crippen LogP contribution in [0.1, 0.15) is 33.4 Å². The summed E-state index contributed by atoms with van der Waals surface area (Å²) < 4.78 is 50.7. The fourth-order valence-corrected chi connectivity index (χ4v) is 2.39. The quantitative estimate of drug-likeness (QED) is 0.814. The van der Waals surface area contributed by atoms with Crippen LogP contribution in [-0.2, 0) is 0 Å². The highest BCUT2D eigenvalue weighted by molar-refractivity contribution is 9.10. The molecule has 3 N–H and O–H groups in total. The lowest BCUT2D eigenvalue weighted by Crippen LogP contribution is -2.15. The summed E-state index contributed by atoms with van der Waals surface area (Å²) in [6.45, 7) is -5.87. The molecule has 2 aromatic rings. The Balaban J connectivity index is 2.53. The van der Waals surface area contributed by atoms with Crippen LogP contribution >= 0.6 is 27.5 Å². The third-order valence-corrected chi connectivity index (χ3v) is 3.22. The van der Waals surface area contributed by atoms with E-state index in [0.717, 1.165) is 6.07 Å². The maximum absolute atomic E-state index is 12.0. The number of nitrogen functional groups attached to an aromatic ring is 1. The summed E-state index contributed by atoms with van der Waals surface area (Å²) in [7, 11) is 0. The van der Waals surface area contributed by atoms with Crippen LogP contribution in [0, 0.1) is 0 Å². The summed E-state index contributed by atoms with van der Waals surface area (Å²) >= 11 is 9.26. The van der Waals surface area contributed by atoms with Crippen molar-refractivity contribution in [2.75, 3.05) is 5.73 Å². The van der Waals surface area contributed by atoms with Gasteiger partial charge in [0.15, 0.2) is 5.75 Å². The molecule has 0 saturated heterocycles. The van der Waals surface area contributed by atoms with Gasteiger partial charge in [-0.05, 0) is 34.0 Å². The van der Waals surface area contributed by atoms with Crippen LogP contribution in [0.25, 0.3) is 0 Å². The highest BCUT2D eigenvalue weighted by atomic mass is 79.9. The van der Waals surface area contributed by atoms with Crippen molar-refractivity contribution in [1.29, 1.82) is 0 Å². The average molecular weight is 365 g/mol. The van der Waals surface area contributed by atoms with Crippen LogP contribution in [-0.4, -0.2) is 10.2 Å². The number of hydrogen-bond donors (Lipinski definition) is 2. The highest BCUT2D eigenvalue weighted by Gasteiger charge is 2.13. The summed E-state index contributed by atoms with van der Waals surface area (Å²) in [6, 6.07) is 3.91. The lowest BCUT2D eigenvalue weighted by atomic mass is 10.1. The van der Waals surface area contributed by atoms with E-state index in [0.29, 0.717) is 10.2 Å². The third-order valence-electron chi connectivity index (χ3n) is 2.35.